The van der Waals surface area contributed by atoms with E-state index in [1.54, 1.807) is 25.3 Å². The fourth-order valence-electron chi connectivity index (χ4n) is 2.76. The number of halogens is 1. The molecule has 0 heterocycles. The van der Waals surface area contributed by atoms with Crippen LogP contribution in [0, 0.1) is 11.8 Å². The highest BCUT2D eigenvalue weighted by atomic mass is 35.5. The molecule has 0 bridgehead atoms. The smallest absolute Gasteiger partial charge is 0.169 e. The fourth-order valence-corrected chi connectivity index (χ4v) is 2.92. The zero-order valence-electron chi connectivity index (χ0n) is 10.9. The van der Waals surface area contributed by atoms with Gasteiger partial charge in [0, 0.05) is 10.9 Å². The minimum Gasteiger partial charge on any atom is -0.496 e. The third-order valence-corrected chi connectivity index (χ3v) is 3.97. The minimum absolute atomic E-state index is 0.142. The highest BCUT2D eigenvalue weighted by Gasteiger charge is 2.27. The number of hydrogen-bond acceptors (Lipinski definition) is 2. The molecule has 0 aromatic heterocycles. The molecule has 0 aliphatic heterocycles. The molecule has 0 amide bonds. The van der Waals surface area contributed by atoms with Crippen LogP contribution in [0.5, 0.6) is 5.75 Å². The van der Waals surface area contributed by atoms with Gasteiger partial charge in [0.1, 0.15) is 5.75 Å². The molecule has 1 aromatic carbocycles. The van der Waals surface area contributed by atoms with E-state index >= 15 is 0 Å². The van der Waals surface area contributed by atoms with Gasteiger partial charge in [0.2, 0.25) is 0 Å². The maximum atomic E-state index is 12.5. The second-order valence-electron chi connectivity index (χ2n) is 5.18. The molecule has 2 rings (SSSR count). The number of ether oxygens (including phenoxy) is 1. The van der Waals surface area contributed by atoms with Crippen LogP contribution in [0.15, 0.2) is 18.2 Å². The lowest BCUT2D eigenvalue weighted by atomic mass is 9.78. The van der Waals surface area contributed by atoms with Gasteiger partial charge in [0.15, 0.2) is 5.78 Å². The van der Waals surface area contributed by atoms with Gasteiger partial charge in [-0.3, -0.25) is 4.79 Å². The van der Waals surface area contributed by atoms with E-state index in [1.807, 2.05) is 0 Å². The van der Waals surface area contributed by atoms with Gasteiger partial charge in [0.05, 0.1) is 12.7 Å². The number of carbonyl (C=O) groups is 1. The van der Waals surface area contributed by atoms with Crippen LogP contribution in [-0.2, 0) is 0 Å². The molecule has 2 atom stereocenters. The molecule has 1 aliphatic rings. The van der Waals surface area contributed by atoms with Gasteiger partial charge in [-0.25, -0.2) is 0 Å². The lowest BCUT2D eigenvalue weighted by Crippen LogP contribution is -2.22. The summed E-state index contributed by atoms with van der Waals surface area (Å²) in [6.07, 6.45) is 4.37. The van der Waals surface area contributed by atoms with Gasteiger partial charge >= 0.3 is 0 Å². The van der Waals surface area contributed by atoms with E-state index in [4.69, 9.17) is 16.3 Å². The topological polar surface area (TPSA) is 26.3 Å². The Bertz CT molecular complexity index is 442. The zero-order chi connectivity index (χ0) is 13.1. The minimum atomic E-state index is 0.142. The number of Topliss-reactive ketones (excluding diaryl/α,β-unsaturated/α-hetero) is 1. The van der Waals surface area contributed by atoms with Gasteiger partial charge in [-0.1, -0.05) is 31.4 Å². The molecular weight excluding hydrogens is 248 g/mol. The zero-order valence-corrected chi connectivity index (χ0v) is 11.7. The van der Waals surface area contributed by atoms with E-state index in [1.165, 1.54) is 6.42 Å². The molecule has 1 saturated carbocycles. The molecular formula is C15H19ClO2. The summed E-state index contributed by atoms with van der Waals surface area (Å²) in [5, 5.41) is 0.598. The van der Waals surface area contributed by atoms with E-state index in [0.717, 1.165) is 19.3 Å². The Labute approximate surface area is 113 Å². The van der Waals surface area contributed by atoms with Crippen molar-refractivity contribution in [3.8, 4) is 5.75 Å². The summed E-state index contributed by atoms with van der Waals surface area (Å²) in [7, 11) is 1.58. The first-order valence-electron chi connectivity index (χ1n) is 6.49. The monoisotopic (exact) mass is 266 g/mol. The van der Waals surface area contributed by atoms with Crippen LogP contribution in [0.25, 0.3) is 0 Å². The van der Waals surface area contributed by atoms with Crippen LogP contribution >= 0.6 is 11.6 Å². The SMILES string of the molecule is COc1cc(Cl)ccc1C(=O)C1CCCC(C)C1. The quantitative estimate of drug-likeness (QED) is 0.760. The Hall–Kier alpha value is -1.02. The van der Waals surface area contributed by atoms with Crippen molar-refractivity contribution in [2.45, 2.75) is 32.6 Å². The number of hydrogen-bond donors (Lipinski definition) is 0. The predicted molar refractivity (Wildman–Crippen MR) is 73.5 cm³/mol. The molecule has 1 aliphatic carbocycles. The summed E-state index contributed by atoms with van der Waals surface area (Å²) in [6, 6.07) is 5.24. The summed E-state index contributed by atoms with van der Waals surface area (Å²) >= 11 is 5.92. The summed E-state index contributed by atoms with van der Waals surface area (Å²) in [6.45, 7) is 2.22. The van der Waals surface area contributed by atoms with Crippen molar-refractivity contribution in [1.82, 2.24) is 0 Å². The molecule has 1 fully saturated rings. The van der Waals surface area contributed by atoms with Crippen molar-refractivity contribution >= 4 is 17.4 Å². The predicted octanol–water partition coefficient (Wildman–Crippen LogP) is 4.36. The maximum Gasteiger partial charge on any atom is 0.169 e. The van der Waals surface area contributed by atoms with E-state index < -0.39 is 0 Å². The average Bonchev–Trinajstić information content (AvgIpc) is 2.37. The second-order valence-corrected chi connectivity index (χ2v) is 5.61. The summed E-state index contributed by atoms with van der Waals surface area (Å²) in [5.41, 5.74) is 0.668. The Morgan fingerprint density at radius 2 is 2.17 bits per heavy atom. The molecule has 0 saturated heterocycles. The molecule has 0 spiro atoms. The standard InChI is InChI=1S/C15H19ClO2/c1-10-4-3-5-11(8-10)15(17)13-7-6-12(16)9-14(13)18-2/h6-7,9-11H,3-5,8H2,1-2H3. The number of ketones is 1. The third-order valence-electron chi connectivity index (χ3n) is 3.74. The molecule has 1 aromatic rings. The Morgan fingerprint density at radius 3 is 2.83 bits per heavy atom. The van der Waals surface area contributed by atoms with Crippen LogP contribution in [-0.4, -0.2) is 12.9 Å². The number of methoxy groups -OCH3 is 1. The average molecular weight is 267 g/mol. The summed E-state index contributed by atoms with van der Waals surface area (Å²) in [4.78, 5) is 12.5. The first-order chi connectivity index (χ1) is 8.61. The largest absolute Gasteiger partial charge is 0.496 e. The molecule has 0 radical (unpaired) electrons. The molecule has 18 heavy (non-hydrogen) atoms. The third kappa shape index (κ3) is 2.86. The normalized spacial score (nSPS) is 23.7. The first-order valence-corrected chi connectivity index (χ1v) is 6.87. The van der Waals surface area contributed by atoms with Crippen molar-refractivity contribution in [2.75, 3.05) is 7.11 Å². The maximum absolute atomic E-state index is 12.5. The number of carbonyl (C=O) groups excluding carboxylic acids is 1. The van der Waals surface area contributed by atoms with Crippen LogP contribution in [0.1, 0.15) is 43.0 Å². The van der Waals surface area contributed by atoms with E-state index in [2.05, 4.69) is 6.92 Å². The Morgan fingerprint density at radius 1 is 1.39 bits per heavy atom. The van der Waals surface area contributed by atoms with Crippen LogP contribution in [0.4, 0.5) is 0 Å². The molecule has 0 N–H and O–H groups in total. The first kappa shape index (κ1) is 13.4. The van der Waals surface area contributed by atoms with E-state index in [0.29, 0.717) is 22.3 Å². The van der Waals surface area contributed by atoms with Crippen LogP contribution < -0.4 is 4.74 Å². The highest BCUT2D eigenvalue weighted by Crippen LogP contribution is 2.33. The van der Waals surface area contributed by atoms with Crippen molar-refractivity contribution in [1.29, 1.82) is 0 Å². The summed E-state index contributed by atoms with van der Waals surface area (Å²) in [5.74, 6) is 1.58. The van der Waals surface area contributed by atoms with Crippen LogP contribution in [0.3, 0.4) is 0 Å². The Kier molecular flexibility index (Phi) is 4.28. The second kappa shape index (κ2) is 5.75. The van der Waals surface area contributed by atoms with Crippen molar-refractivity contribution in [3.63, 3.8) is 0 Å². The lowest BCUT2D eigenvalue weighted by Gasteiger charge is -2.26. The van der Waals surface area contributed by atoms with Crippen molar-refractivity contribution < 1.29 is 9.53 Å². The van der Waals surface area contributed by atoms with Gasteiger partial charge in [-0.15, -0.1) is 0 Å². The molecule has 2 unspecified atom stereocenters. The summed E-state index contributed by atoms with van der Waals surface area (Å²) < 4.78 is 5.26. The number of benzene rings is 1. The van der Waals surface area contributed by atoms with Crippen molar-refractivity contribution in [3.05, 3.63) is 28.8 Å². The Balaban J connectivity index is 2.22. The highest BCUT2D eigenvalue weighted by molar-refractivity contribution is 6.30. The van der Waals surface area contributed by atoms with Gasteiger partial charge in [-0.05, 0) is 37.0 Å². The molecule has 2 nitrogen and oxygen atoms in total. The van der Waals surface area contributed by atoms with Gasteiger partial charge in [0.25, 0.3) is 0 Å². The van der Waals surface area contributed by atoms with Crippen LogP contribution in [0.2, 0.25) is 5.02 Å². The van der Waals surface area contributed by atoms with Gasteiger partial charge < -0.3 is 4.74 Å². The van der Waals surface area contributed by atoms with Crippen molar-refractivity contribution in [2.24, 2.45) is 11.8 Å². The van der Waals surface area contributed by atoms with Gasteiger partial charge in [-0.2, -0.15) is 0 Å². The van der Waals surface area contributed by atoms with E-state index in [9.17, 15) is 4.79 Å². The number of rotatable bonds is 3. The lowest BCUT2D eigenvalue weighted by molar-refractivity contribution is 0.0865. The fraction of sp³-hybridized carbons (Fsp3) is 0.533. The van der Waals surface area contributed by atoms with E-state index in [-0.39, 0.29) is 11.7 Å². The molecule has 98 valence electrons. The molecule has 3 heteroatoms.